The van der Waals surface area contributed by atoms with Gasteiger partial charge in [-0.2, -0.15) is 0 Å². The summed E-state index contributed by atoms with van der Waals surface area (Å²) in [7, 11) is 0. The summed E-state index contributed by atoms with van der Waals surface area (Å²) in [5.41, 5.74) is 1.09. The Balaban J connectivity index is 1.34. The largest absolute Gasteiger partial charge is 0.366 e. The first kappa shape index (κ1) is 19.6. The number of piperazine rings is 2. The summed E-state index contributed by atoms with van der Waals surface area (Å²) in [6.45, 7) is 9.36. The summed E-state index contributed by atoms with van der Waals surface area (Å²) in [5, 5.41) is 0. The maximum absolute atomic E-state index is 14.0. The number of para-hydroxylation sites is 1. The van der Waals surface area contributed by atoms with E-state index in [1.54, 1.807) is 29.4 Å². The van der Waals surface area contributed by atoms with Crippen molar-refractivity contribution in [3.63, 3.8) is 0 Å². The normalized spacial score (nSPS) is 18.2. The molecule has 4 rings (SSSR count). The molecule has 0 saturated carbocycles. The number of likely N-dealkylation sites (N-methyl/N-ethyl adjacent to an activating group) is 1. The van der Waals surface area contributed by atoms with Crippen LogP contribution in [0.3, 0.4) is 0 Å². The molecule has 2 aromatic rings. The number of anilines is 2. The average molecular weight is 398 g/mol. The minimum Gasteiger partial charge on any atom is -0.366 e. The summed E-state index contributed by atoms with van der Waals surface area (Å²) in [4.78, 5) is 30.0. The molecule has 2 aliphatic heterocycles. The Morgan fingerprint density at radius 1 is 0.931 bits per heavy atom. The third-order valence-corrected chi connectivity index (χ3v) is 5.75. The number of amides is 1. The topological polar surface area (TPSA) is 55.8 Å². The van der Waals surface area contributed by atoms with Gasteiger partial charge in [0.05, 0.1) is 11.3 Å². The Bertz CT molecular complexity index is 829. The van der Waals surface area contributed by atoms with E-state index in [0.29, 0.717) is 43.4 Å². The molecule has 0 atom stereocenters. The number of hydrogen-bond acceptors (Lipinski definition) is 6. The monoisotopic (exact) mass is 398 g/mol. The van der Waals surface area contributed by atoms with E-state index < -0.39 is 0 Å². The zero-order chi connectivity index (χ0) is 20.2. The molecule has 0 spiro atoms. The molecular formula is C21H27FN6O. The van der Waals surface area contributed by atoms with Gasteiger partial charge in [0.1, 0.15) is 5.82 Å². The molecule has 3 heterocycles. The van der Waals surface area contributed by atoms with Gasteiger partial charge < -0.3 is 19.6 Å². The second-order valence-electron chi connectivity index (χ2n) is 7.42. The van der Waals surface area contributed by atoms with Crippen molar-refractivity contribution in [3.8, 4) is 0 Å². The van der Waals surface area contributed by atoms with Crippen LogP contribution in [0.15, 0.2) is 36.7 Å². The Morgan fingerprint density at radius 2 is 1.55 bits per heavy atom. The minimum absolute atomic E-state index is 0.0689. The molecule has 0 N–H and O–H groups in total. The fourth-order valence-electron chi connectivity index (χ4n) is 3.90. The molecule has 154 valence electrons. The highest BCUT2D eigenvalue weighted by molar-refractivity contribution is 5.93. The van der Waals surface area contributed by atoms with E-state index in [-0.39, 0.29) is 11.7 Å². The molecule has 0 aliphatic carbocycles. The number of carbonyl (C=O) groups excluding carboxylic acids is 1. The van der Waals surface area contributed by atoms with E-state index >= 15 is 0 Å². The number of carbonyl (C=O) groups is 1. The molecule has 2 aliphatic rings. The van der Waals surface area contributed by atoms with Crippen molar-refractivity contribution < 1.29 is 9.18 Å². The van der Waals surface area contributed by atoms with Crippen LogP contribution in [0.5, 0.6) is 0 Å². The van der Waals surface area contributed by atoms with E-state index in [1.807, 2.05) is 11.0 Å². The minimum atomic E-state index is -0.226. The second kappa shape index (κ2) is 8.73. The molecule has 0 radical (unpaired) electrons. The van der Waals surface area contributed by atoms with Crippen LogP contribution in [0.2, 0.25) is 0 Å². The van der Waals surface area contributed by atoms with Crippen molar-refractivity contribution in [1.29, 1.82) is 0 Å². The molecule has 2 fully saturated rings. The molecule has 1 amide bonds. The van der Waals surface area contributed by atoms with Gasteiger partial charge in [-0.3, -0.25) is 4.79 Å². The fourth-order valence-corrected chi connectivity index (χ4v) is 3.90. The number of nitrogens with zero attached hydrogens (tertiary/aromatic N) is 6. The maximum Gasteiger partial charge on any atom is 0.257 e. The molecule has 0 bridgehead atoms. The van der Waals surface area contributed by atoms with Crippen molar-refractivity contribution in [1.82, 2.24) is 19.8 Å². The van der Waals surface area contributed by atoms with Crippen LogP contribution in [0, 0.1) is 5.82 Å². The second-order valence-corrected chi connectivity index (χ2v) is 7.42. The van der Waals surface area contributed by atoms with Crippen molar-refractivity contribution in [2.24, 2.45) is 0 Å². The summed E-state index contributed by atoms with van der Waals surface area (Å²) in [5.74, 6) is 0.387. The Kier molecular flexibility index (Phi) is 5.89. The molecule has 1 aromatic heterocycles. The average Bonchev–Trinajstić information content (AvgIpc) is 2.79. The number of hydrogen-bond donors (Lipinski definition) is 0. The standard InChI is InChI=1S/C21H27FN6O/c1-2-25-7-9-28(10-8-25)21-23-15-17(16-24-21)20(29)27-13-11-26(12-14-27)19-6-4-3-5-18(19)22/h3-6,15-16H,2,7-14H2,1H3. The Hall–Kier alpha value is -2.74. The van der Waals surface area contributed by atoms with Gasteiger partial charge >= 0.3 is 0 Å². The van der Waals surface area contributed by atoms with Crippen LogP contribution in [0.1, 0.15) is 17.3 Å². The number of benzene rings is 1. The fraction of sp³-hybridized carbons (Fsp3) is 0.476. The Labute approximate surface area is 170 Å². The SMILES string of the molecule is CCN1CCN(c2ncc(C(=O)N3CCN(c4ccccc4F)CC3)cn2)CC1. The highest BCUT2D eigenvalue weighted by Crippen LogP contribution is 2.21. The third-order valence-electron chi connectivity index (χ3n) is 5.75. The smallest absolute Gasteiger partial charge is 0.257 e. The first-order valence-electron chi connectivity index (χ1n) is 10.2. The summed E-state index contributed by atoms with van der Waals surface area (Å²) >= 11 is 0. The lowest BCUT2D eigenvalue weighted by atomic mass is 10.2. The van der Waals surface area contributed by atoms with Crippen LogP contribution in [0.25, 0.3) is 0 Å². The lowest BCUT2D eigenvalue weighted by molar-refractivity contribution is 0.0746. The highest BCUT2D eigenvalue weighted by Gasteiger charge is 2.24. The van der Waals surface area contributed by atoms with E-state index in [1.165, 1.54) is 6.07 Å². The maximum atomic E-state index is 14.0. The molecule has 29 heavy (non-hydrogen) atoms. The zero-order valence-electron chi connectivity index (χ0n) is 16.8. The molecular weight excluding hydrogens is 371 g/mol. The van der Waals surface area contributed by atoms with Gasteiger partial charge in [-0.05, 0) is 18.7 Å². The summed E-state index contributed by atoms with van der Waals surface area (Å²) in [6, 6.07) is 6.76. The summed E-state index contributed by atoms with van der Waals surface area (Å²) in [6.07, 6.45) is 3.25. The molecule has 8 heteroatoms. The molecule has 2 saturated heterocycles. The number of halogens is 1. The first-order valence-corrected chi connectivity index (χ1v) is 10.2. The van der Waals surface area contributed by atoms with Gasteiger partial charge in [0, 0.05) is 64.8 Å². The lowest BCUT2D eigenvalue weighted by Gasteiger charge is -2.36. The van der Waals surface area contributed by atoms with Crippen LogP contribution in [0.4, 0.5) is 16.0 Å². The van der Waals surface area contributed by atoms with E-state index in [0.717, 1.165) is 32.7 Å². The predicted molar refractivity (Wildman–Crippen MR) is 111 cm³/mol. The zero-order valence-corrected chi connectivity index (χ0v) is 16.8. The van der Waals surface area contributed by atoms with Crippen molar-refractivity contribution in [2.45, 2.75) is 6.92 Å². The van der Waals surface area contributed by atoms with Crippen molar-refractivity contribution >= 4 is 17.5 Å². The molecule has 1 aromatic carbocycles. The van der Waals surface area contributed by atoms with Gasteiger partial charge in [0.15, 0.2) is 0 Å². The van der Waals surface area contributed by atoms with Crippen molar-refractivity contribution in [3.05, 3.63) is 48.0 Å². The van der Waals surface area contributed by atoms with Crippen LogP contribution < -0.4 is 9.80 Å². The van der Waals surface area contributed by atoms with Gasteiger partial charge in [-0.1, -0.05) is 19.1 Å². The van der Waals surface area contributed by atoms with Crippen molar-refractivity contribution in [2.75, 3.05) is 68.7 Å². The van der Waals surface area contributed by atoms with Gasteiger partial charge in [0.2, 0.25) is 5.95 Å². The quantitative estimate of drug-likeness (QED) is 0.782. The lowest BCUT2D eigenvalue weighted by Crippen LogP contribution is -2.49. The number of aromatic nitrogens is 2. The van der Waals surface area contributed by atoms with Gasteiger partial charge in [0.25, 0.3) is 5.91 Å². The Morgan fingerprint density at radius 3 is 2.17 bits per heavy atom. The molecule has 7 nitrogen and oxygen atoms in total. The van der Waals surface area contributed by atoms with Crippen LogP contribution in [-0.2, 0) is 0 Å². The summed E-state index contributed by atoms with van der Waals surface area (Å²) < 4.78 is 14.0. The van der Waals surface area contributed by atoms with E-state index in [2.05, 4.69) is 26.7 Å². The first-order chi connectivity index (χ1) is 14.2. The molecule has 0 unspecified atom stereocenters. The number of rotatable bonds is 4. The van der Waals surface area contributed by atoms with Gasteiger partial charge in [-0.25, -0.2) is 14.4 Å². The predicted octanol–water partition coefficient (Wildman–Crippen LogP) is 1.72. The third kappa shape index (κ3) is 4.32. The van der Waals surface area contributed by atoms with E-state index in [9.17, 15) is 9.18 Å². The van der Waals surface area contributed by atoms with Gasteiger partial charge in [-0.15, -0.1) is 0 Å². The van der Waals surface area contributed by atoms with Crippen LogP contribution >= 0.6 is 0 Å². The van der Waals surface area contributed by atoms with Crippen LogP contribution in [-0.4, -0.2) is 84.6 Å². The highest BCUT2D eigenvalue weighted by atomic mass is 19.1. The van der Waals surface area contributed by atoms with E-state index in [4.69, 9.17) is 0 Å².